The number of carbonyl (C=O) groups is 1. The molecule has 5 nitrogen and oxygen atoms in total. The van der Waals surface area contributed by atoms with Crippen LogP contribution in [0.25, 0.3) is 0 Å². The van der Waals surface area contributed by atoms with Gasteiger partial charge in [0.2, 0.25) is 0 Å². The average molecular weight is 272 g/mol. The zero-order valence-electron chi connectivity index (χ0n) is 11.1. The van der Waals surface area contributed by atoms with E-state index in [9.17, 15) is 4.79 Å². The number of methoxy groups -OCH3 is 1. The van der Waals surface area contributed by atoms with Crippen LogP contribution in [0.5, 0.6) is 11.5 Å². The Morgan fingerprint density at radius 2 is 1.90 bits per heavy atom. The van der Waals surface area contributed by atoms with E-state index < -0.39 is 5.91 Å². The van der Waals surface area contributed by atoms with Gasteiger partial charge in [-0.3, -0.25) is 4.79 Å². The van der Waals surface area contributed by atoms with Crippen molar-refractivity contribution in [2.24, 2.45) is 5.73 Å². The molecule has 0 bridgehead atoms. The molecule has 0 saturated heterocycles. The van der Waals surface area contributed by atoms with Crippen LogP contribution in [0.2, 0.25) is 0 Å². The highest BCUT2D eigenvalue weighted by Crippen LogP contribution is 2.24. The van der Waals surface area contributed by atoms with Gasteiger partial charge in [-0.05, 0) is 29.8 Å². The van der Waals surface area contributed by atoms with Crippen molar-refractivity contribution >= 4 is 11.6 Å². The van der Waals surface area contributed by atoms with Crippen molar-refractivity contribution in [3.8, 4) is 11.5 Å². The van der Waals surface area contributed by atoms with Gasteiger partial charge in [-0.25, -0.2) is 0 Å². The minimum absolute atomic E-state index is 0.290. The second kappa shape index (κ2) is 5.97. The van der Waals surface area contributed by atoms with Crippen LogP contribution in [0.4, 0.5) is 5.69 Å². The summed E-state index contributed by atoms with van der Waals surface area (Å²) < 4.78 is 10.7. The Kier molecular flexibility index (Phi) is 4.10. The van der Waals surface area contributed by atoms with Crippen molar-refractivity contribution in [3.63, 3.8) is 0 Å². The fourth-order valence-electron chi connectivity index (χ4n) is 1.83. The first-order valence-corrected chi connectivity index (χ1v) is 6.06. The SMILES string of the molecule is COc1ccc(COc2ccccc2C(N)=O)cc1N. The number of hydrogen-bond acceptors (Lipinski definition) is 4. The van der Waals surface area contributed by atoms with E-state index in [1.54, 1.807) is 43.5 Å². The largest absolute Gasteiger partial charge is 0.495 e. The van der Waals surface area contributed by atoms with Crippen LogP contribution >= 0.6 is 0 Å². The minimum Gasteiger partial charge on any atom is -0.495 e. The average Bonchev–Trinajstić information content (AvgIpc) is 2.45. The maximum absolute atomic E-state index is 11.3. The summed E-state index contributed by atoms with van der Waals surface area (Å²) in [6, 6.07) is 12.2. The molecular formula is C15H16N2O3. The van der Waals surface area contributed by atoms with Crippen molar-refractivity contribution in [2.75, 3.05) is 12.8 Å². The number of anilines is 1. The first kappa shape index (κ1) is 13.7. The van der Waals surface area contributed by atoms with Gasteiger partial charge in [0.25, 0.3) is 5.91 Å². The number of amides is 1. The third-order valence-electron chi connectivity index (χ3n) is 2.84. The summed E-state index contributed by atoms with van der Waals surface area (Å²) in [5.41, 5.74) is 12.9. The van der Waals surface area contributed by atoms with Crippen LogP contribution in [-0.4, -0.2) is 13.0 Å². The molecule has 2 rings (SSSR count). The number of carbonyl (C=O) groups excluding carboxylic acids is 1. The molecular weight excluding hydrogens is 256 g/mol. The smallest absolute Gasteiger partial charge is 0.252 e. The lowest BCUT2D eigenvalue weighted by molar-refractivity contribution is 0.0996. The van der Waals surface area contributed by atoms with Crippen LogP contribution in [0.15, 0.2) is 42.5 Å². The molecule has 0 atom stereocenters. The maximum atomic E-state index is 11.3. The van der Waals surface area contributed by atoms with Gasteiger partial charge in [0.15, 0.2) is 0 Å². The molecule has 0 radical (unpaired) electrons. The highest BCUT2D eigenvalue weighted by Gasteiger charge is 2.08. The van der Waals surface area contributed by atoms with Crippen molar-refractivity contribution < 1.29 is 14.3 Å². The molecule has 104 valence electrons. The Morgan fingerprint density at radius 1 is 1.15 bits per heavy atom. The van der Waals surface area contributed by atoms with Crippen LogP contribution in [0.1, 0.15) is 15.9 Å². The van der Waals surface area contributed by atoms with Crippen LogP contribution in [0.3, 0.4) is 0 Å². The zero-order chi connectivity index (χ0) is 14.5. The lowest BCUT2D eigenvalue weighted by Gasteiger charge is -2.11. The van der Waals surface area contributed by atoms with Crippen molar-refractivity contribution in [3.05, 3.63) is 53.6 Å². The topological polar surface area (TPSA) is 87.6 Å². The Labute approximate surface area is 117 Å². The third kappa shape index (κ3) is 3.00. The van der Waals surface area contributed by atoms with Gasteiger partial charge in [0.1, 0.15) is 18.1 Å². The molecule has 0 aliphatic heterocycles. The molecule has 5 heteroatoms. The van der Waals surface area contributed by atoms with Gasteiger partial charge < -0.3 is 20.9 Å². The van der Waals surface area contributed by atoms with Crippen molar-refractivity contribution in [1.82, 2.24) is 0 Å². The molecule has 2 aromatic rings. The standard InChI is InChI=1S/C15H16N2O3/c1-19-14-7-6-10(8-12(14)16)9-20-13-5-3-2-4-11(13)15(17)18/h2-8H,9,16H2,1H3,(H2,17,18). The van der Waals surface area contributed by atoms with E-state index in [2.05, 4.69) is 0 Å². The molecule has 20 heavy (non-hydrogen) atoms. The maximum Gasteiger partial charge on any atom is 0.252 e. The lowest BCUT2D eigenvalue weighted by atomic mass is 10.2. The van der Waals surface area contributed by atoms with E-state index in [0.29, 0.717) is 29.4 Å². The van der Waals surface area contributed by atoms with Crippen LogP contribution in [-0.2, 0) is 6.61 Å². The molecule has 0 aromatic heterocycles. The van der Waals surface area contributed by atoms with E-state index in [1.165, 1.54) is 0 Å². The first-order chi connectivity index (χ1) is 9.61. The van der Waals surface area contributed by atoms with E-state index in [-0.39, 0.29) is 0 Å². The monoisotopic (exact) mass is 272 g/mol. The summed E-state index contributed by atoms with van der Waals surface area (Å²) in [5.74, 6) is 0.551. The van der Waals surface area contributed by atoms with Crippen molar-refractivity contribution in [1.29, 1.82) is 0 Å². The summed E-state index contributed by atoms with van der Waals surface area (Å²) >= 11 is 0. The molecule has 4 N–H and O–H groups in total. The van der Waals surface area contributed by atoms with Gasteiger partial charge in [-0.1, -0.05) is 18.2 Å². The number of benzene rings is 2. The molecule has 0 unspecified atom stereocenters. The molecule has 0 heterocycles. The molecule has 2 aromatic carbocycles. The quantitative estimate of drug-likeness (QED) is 0.814. The fourth-order valence-corrected chi connectivity index (χ4v) is 1.83. The summed E-state index contributed by atoms with van der Waals surface area (Å²) in [4.78, 5) is 11.3. The number of primary amides is 1. The molecule has 1 amide bonds. The predicted molar refractivity (Wildman–Crippen MR) is 76.7 cm³/mol. The van der Waals surface area contributed by atoms with Crippen molar-refractivity contribution in [2.45, 2.75) is 6.61 Å². The highest BCUT2D eigenvalue weighted by molar-refractivity contribution is 5.95. The third-order valence-corrected chi connectivity index (χ3v) is 2.84. The predicted octanol–water partition coefficient (Wildman–Crippen LogP) is 1.96. The fraction of sp³-hybridized carbons (Fsp3) is 0.133. The molecule has 0 fully saturated rings. The van der Waals surface area contributed by atoms with Crippen LogP contribution < -0.4 is 20.9 Å². The summed E-state index contributed by atoms with van der Waals surface area (Å²) in [5, 5.41) is 0. The normalized spacial score (nSPS) is 10.1. The zero-order valence-corrected chi connectivity index (χ0v) is 11.1. The van der Waals surface area contributed by atoms with E-state index in [1.807, 2.05) is 6.07 Å². The van der Waals surface area contributed by atoms with E-state index in [4.69, 9.17) is 20.9 Å². The number of ether oxygens (including phenoxy) is 2. The first-order valence-electron chi connectivity index (χ1n) is 6.06. The summed E-state index contributed by atoms with van der Waals surface area (Å²) in [6.45, 7) is 0.290. The Balaban J connectivity index is 2.13. The second-order valence-electron chi connectivity index (χ2n) is 4.23. The van der Waals surface area contributed by atoms with Gasteiger partial charge in [0, 0.05) is 0 Å². The van der Waals surface area contributed by atoms with Crippen LogP contribution in [0, 0.1) is 0 Å². The number of nitrogens with two attached hydrogens (primary N) is 2. The Bertz CT molecular complexity index is 626. The van der Waals surface area contributed by atoms with E-state index >= 15 is 0 Å². The Morgan fingerprint density at radius 3 is 2.55 bits per heavy atom. The second-order valence-corrected chi connectivity index (χ2v) is 4.23. The number of nitrogen functional groups attached to an aromatic ring is 1. The molecule has 0 spiro atoms. The molecule has 0 aliphatic rings. The van der Waals surface area contributed by atoms with Gasteiger partial charge in [0.05, 0.1) is 18.4 Å². The van der Waals surface area contributed by atoms with Gasteiger partial charge in [-0.2, -0.15) is 0 Å². The number of para-hydroxylation sites is 1. The summed E-state index contributed by atoms with van der Waals surface area (Å²) in [6.07, 6.45) is 0. The highest BCUT2D eigenvalue weighted by atomic mass is 16.5. The Hall–Kier alpha value is -2.69. The lowest BCUT2D eigenvalue weighted by Crippen LogP contribution is -2.12. The summed E-state index contributed by atoms with van der Waals surface area (Å²) in [7, 11) is 1.56. The van der Waals surface area contributed by atoms with Gasteiger partial charge in [-0.15, -0.1) is 0 Å². The van der Waals surface area contributed by atoms with Gasteiger partial charge >= 0.3 is 0 Å². The minimum atomic E-state index is -0.519. The van der Waals surface area contributed by atoms with E-state index in [0.717, 1.165) is 5.56 Å². The number of hydrogen-bond donors (Lipinski definition) is 2. The molecule has 0 saturated carbocycles. The molecule has 0 aliphatic carbocycles. The number of rotatable bonds is 5.